The van der Waals surface area contributed by atoms with Gasteiger partial charge in [-0.2, -0.15) is 14.0 Å². The second kappa shape index (κ2) is 6.89. The lowest BCUT2D eigenvalue weighted by molar-refractivity contribution is -1.91. The molecular weight excluding hydrogens is 358 g/mol. The molecule has 2 aromatic carbocycles. The van der Waals surface area contributed by atoms with Crippen LogP contribution in [0.5, 0.6) is 5.75 Å². The summed E-state index contributed by atoms with van der Waals surface area (Å²) in [5.41, 5.74) is 1.18. The van der Waals surface area contributed by atoms with Gasteiger partial charge in [0.25, 0.3) is 11.0 Å². The highest BCUT2D eigenvalue weighted by atomic mass is 35.7. The highest BCUT2D eigenvalue weighted by Crippen LogP contribution is 2.33. The molecule has 0 amide bonds. The van der Waals surface area contributed by atoms with Crippen molar-refractivity contribution in [3.8, 4) is 5.75 Å². The summed E-state index contributed by atoms with van der Waals surface area (Å²) in [6, 6.07) is 15.6. The average molecular weight is 370 g/mol. The van der Waals surface area contributed by atoms with Gasteiger partial charge in [0.1, 0.15) is 5.75 Å². The van der Waals surface area contributed by atoms with E-state index in [0.29, 0.717) is 16.9 Å². The van der Waals surface area contributed by atoms with Gasteiger partial charge in [-0.05, 0) is 36.4 Å². The molecule has 0 N–H and O–H groups in total. The lowest BCUT2D eigenvalue weighted by atomic mass is 10.2. The maximum atomic E-state index is 11.0. The second-order valence-electron chi connectivity index (χ2n) is 4.57. The minimum absolute atomic E-state index is 0.142. The Morgan fingerprint density at radius 2 is 1.62 bits per heavy atom. The third-order valence-electron chi connectivity index (χ3n) is 3.00. The van der Waals surface area contributed by atoms with Crippen molar-refractivity contribution in [3.05, 3.63) is 65.7 Å². The molecule has 0 aliphatic carbocycles. The number of ether oxygens (including phenoxy) is 2. The Bertz CT molecular complexity index is 786. The van der Waals surface area contributed by atoms with Gasteiger partial charge < -0.3 is 9.47 Å². The topological polar surface area (TPSA) is 109 Å². The Hall–Kier alpha value is -1.94. The fourth-order valence-electron chi connectivity index (χ4n) is 1.95. The molecule has 0 radical (unpaired) electrons. The van der Waals surface area contributed by atoms with Gasteiger partial charge in [0.2, 0.25) is 10.9 Å². The third-order valence-corrected chi connectivity index (χ3v) is 5.06. The molecule has 24 heavy (non-hydrogen) atoms. The van der Waals surface area contributed by atoms with E-state index in [1.165, 1.54) is 7.11 Å². The number of rotatable bonds is 5. The zero-order valence-electron chi connectivity index (χ0n) is 12.4. The zero-order chi connectivity index (χ0) is 17.2. The van der Waals surface area contributed by atoms with Crippen LogP contribution in [0.4, 0.5) is 0 Å². The lowest BCUT2D eigenvalue weighted by Crippen LogP contribution is -2.60. The average Bonchev–Trinajstić information content (AvgIpc) is 2.97. The molecule has 1 aliphatic rings. The van der Waals surface area contributed by atoms with Crippen molar-refractivity contribution in [1.82, 2.24) is 0 Å². The summed E-state index contributed by atoms with van der Waals surface area (Å²) in [5, 5.41) is 0.142. The van der Waals surface area contributed by atoms with E-state index in [0.717, 1.165) is 0 Å². The number of nitrogens with zero attached hydrogens (tertiary/aromatic N) is 1. The smallest absolute Gasteiger partial charge is 0.274 e. The van der Waals surface area contributed by atoms with Crippen molar-refractivity contribution < 1.29 is 37.4 Å². The molecule has 0 aromatic heterocycles. The van der Waals surface area contributed by atoms with E-state index < -0.39 is 21.2 Å². The summed E-state index contributed by atoms with van der Waals surface area (Å²) in [5.74, 6) is 0.806. The molecule has 0 saturated heterocycles. The van der Waals surface area contributed by atoms with Gasteiger partial charge in [-0.15, -0.1) is 4.40 Å². The molecule has 2 aromatic rings. The largest absolute Gasteiger partial charge is 0.497 e. The molecule has 1 unspecified atom stereocenters. The normalized spacial score (nSPS) is 17.4. The van der Waals surface area contributed by atoms with E-state index in [2.05, 4.69) is 8.13 Å². The Kier molecular flexibility index (Phi) is 4.86. The van der Waals surface area contributed by atoms with E-state index in [-0.39, 0.29) is 10.9 Å². The Balaban J connectivity index is 1.96. The van der Waals surface area contributed by atoms with Crippen molar-refractivity contribution in [1.29, 1.82) is 0 Å². The minimum Gasteiger partial charge on any atom is -0.497 e. The SMILES string of the molecule is COc1ccc(C2=S(O[Cl+3]([O-])([O-])[O-])N=C(c3ccccc3)O2)cc1. The van der Waals surface area contributed by atoms with Gasteiger partial charge in [0.05, 0.1) is 17.4 Å². The minimum atomic E-state index is -4.65. The number of halogens is 1. The van der Waals surface area contributed by atoms with Crippen LogP contribution in [0.25, 0.3) is 0 Å². The molecular formula is C15H12ClNO6S. The van der Waals surface area contributed by atoms with E-state index in [1.54, 1.807) is 48.5 Å². The molecule has 1 atom stereocenters. The van der Waals surface area contributed by atoms with Crippen molar-refractivity contribution in [2.75, 3.05) is 7.11 Å². The van der Waals surface area contributed by atoms with Gasteiger partial charge in [0.15, 0.2) is 3.74 Å². The maximum absolute atomic E-state index is 11.0. The summed E-state index contributed by atoms with van der Waals surface area (Å²) in [6.45, 7) is 0. The molecule has 9 heteroatoms. The summed E-state index contributed by atoms with van der Waals surface area (Å²) < 4.78 is 52.2. The quantitative estimate of drug-likeness (QED) is 0.667. The van der Waals surface area contributed by atoms with Crippen LogP contribution in [-0.4, -0.2) is 18.1 Å². The van der Waals surface area contributed by atoms with E-state index in [9.17, 15) is 14.0 Å². The first kappa shape index (κ1) is 16.9. The van der Waals surface area contributed by atoms with Crippen LogP contribution in [0.15, 0.2) is 59.0 Å². The predicted molar refractivity (Wildman–Crippen MR) is 79.8 cm³/mol. The Morgan fingerprint density at radius 1 is 0.958 bits per heavy atom. The predicted octanol–water partition coefficient (Wildman–Crippen LogP) is -0.337. The van der Waals surface area contributed by atoms with Crippen LogP contribution in [0.3, 0.4) is 0 Å². The second-order valence-corrected chi connectivity index (χ2v) is 6.88. The fourth-order valence-corrected chi connectivity index (χ4v) is 3.74. The number of benzene rings is 2. The van der Waals surface area contributed by atoms with Crippen LogP contribution in [0.2, 0.25) is 0 Å². The van der Waals surface area contributed by atoms with E-state index in [1.807, 2.05) is 6.07 Å². The summed E-state index contributed by atoms with van der Waals surface area (Å²) in [7, 11) is -4.81. The molecule has 0 fully saturated rings. The van der Waals surface area contributed by atoms with Crippen molar-refractivity contribution in [2.24, 2.45) is 4.40 Å². The van der Waals surface area contributed by atoms with E-state index in [4.69, 9.17) is 9.47 Å². The van der Waals surface area contributed by atoms with Crippen molar-refractivity contribution >= 4 is 21.9 Å². The molecule has 1 heterocycles. The van der Waals surface area contributed by atoms with E-state index >= 15 is 0 Å². The van der Waals surface area contributed by atoms with Crippen LogP contribution >= 0.6 is 11.0 Å². The van der Waals surface area contributed by atoms with Crippen LogP contribution in [-0.2, 0) is 8.47 Å². The zero-order valence-corrected chi connectivity index (χ0v) is 14.0. The van der Waals surface area contributed by atoms with Gasteiger partial charge in [-0.3, -0.25) is 0 Å². The summed E-state index contributed by atoms with van der Waals surface area (Å²) in [4.78, 5) is 0. The first-order chi connectivity index (χ1) is 11.5. The number of methoxy groups -OCH3 is 1. The third kappa shape index (κ3) is 3.93. The highest BCUT2D eigenvalue weighted by Gasteiger charge is 2.33. The highest BCUT2D eigenvalue weighted by molar-refractivity contribution is 8.11. The van der Waals surface area contributed by atoms with Gasteiger partial charge >= 0.3 is 0 Å². The molecule has 1 aliphatic heterocycles. The van der Waals surface area contributed by atoms with Gasteiger partial charge in [-0.25, -0.2) is 0 Å². The first-order valence-electron chi connectivity index (χ1n) is 6.65. The number of hydrogen-bond donors (Lipinski definition) is 0. The number of hydrogen-bond acceptors (Lipinski definition) is 7. The Labute approximate surface area is 142 Å². The van der Waals surface area contributed by atoms with Gasteiger partial charge in [0, 0.05) is 11.1 Å². The molecule has 0 spiro atoms. The molecule has 3 rings (SSSR count). The summed E-state index contributed by atoms with van der Waals surface area (Å²) >= 11 is 0. The van der Waals surface area contributed by atoms with Crippen molar-refractivity contribution in [3.63, 3.8) is 0 Å². The first-order valence-corrected chi connectivity index (χ1v) is 8.99. The van der Waals surface area contributed by atoms with Crippen LogP contribution < -0.4 is 18.7 Å². The maximum Gasteiger partial charge on any atom is 0.274 e. The summed E-state index contributed by atoms with van der Waals surface area (Å²) in [6.07, 6.45) is 0. The molecule has 0 bridgehead atoms. The standard InChI is InChI=1S/C15H12ClNO6S/c1-21-13-9-7-12(8-10-13)15-22-14(11-5-3-2-4-6-11)17-24(15)23-16(18,19)20/h2-10H,1H3. The monoisotopic (exact) mass is 369 g/mol. The fraction of sp³-hybridized carbons (Fsp3) is 0.0667. The molecule has 7 nitrogen and oxygen atoms in total. The molecule has 126 valence electrons. The molecule has 0 saturated carbocycles. The van der Waals surface area contributed by atoms with Gasteiger partial charge in [-0.1, -0.05) is 18.2 Å². The van der Waals surface area contributed by atoms with Crippen LogP contribution in [0.1, 0.15) is 11.1 Å². The van der Waals surface area contributed by atoms with Crippen LogP contribution in [0, 0.1) is 10.2 Å². The lowest BCUT2D eigenvalue weighted by Gasteiger charge is -2.11. The van der Waals surface area contributed by atoms with Crippen molar-refractivity contribution in [2.45, 2.75) is 0 Å². The Morgan fingerprint density at radius 3 is 2.21 bits per heavy atom.